The highest BCUT2D eigenvalue weighted by Gasteiger charge is 2.17. The average Bonchev–Trinajstić information content (AvgIpc) is 3.01. The lowest BCUT2D eigenvalue weighted by Gasteiger charge is -2.33. The number of nitrogens with one attached hydrogen (secondary N) is 1. The molecule has 1 saturated heterocycles. The lowest BCUT2D eigenvalue weighted by molar-refractivity contribution is 0.102. The third-order valence-electron chi connectivity index (χ3n) is 3.37. The zero-order valence-electron chi connectivity index (χ0n) is 11.7. The topological polar surface area (TPSA) is 74.2 Å². The van der Waals surface area contributed by atoms with E-state index in [0.717, 1.165) is 32.0 Å². The quantitative estimate of drug-likeness (QED) is 0.909. The van der Waals surface area contributed by atoms with Gasteiger partial charge in [-0.2, -0.15) is 0 Å². The first-order valence-electron chi connectivity index (χ1n) is 6.69. The number of nitrogens with zero attached hydrogens (tertiary/aromatic N) is 5. The highest BCUT2D eigenvalue weighted by molar-refractivity contribution is 7.13. The molecule has 2 aromatic heterocycles. The van der Waals surface area contributed by atoms with E-state index >= 15 is 0 Å². The molecule has 0 aromatic carbocycles. The summed E-state index contributed by atoms with van der Waals surface area (Å²) < 4.78 is 0. The van der Waals surface area contributed by atoms with E-state index < -0.39 is 0 Å². The molecule has 0 radical (unpaired) electrons. The van der Waals surface area contributed by atoms with Crippen LogP contribution in [0.4, 0.5) is 10.9 Å². The second-order valence-corrected chi connectivity index (χ2v) is 5.74. The molecule has 2 aromatic rings. The molecule has 7 nitrogen and oxygen atoms in total. The van der Waals surface area contributed by atoms with E-state index in [4.69, 9.17) is 0 Å². The summed E-state index contributed by atoms with van der Waals surface area (Å²) in [6.07, 6.45) is 3.08. The number of likely N-dealkylation sites (N-methyl/N-ethyl adjacent to an activating group) is 1. The van der Waals surface area contributed by atoms with Crippen molar-refractivity contribution in [3.63, 3.8) is 0 Å². The van der Waals surface area contributed by atoms with Gasteiger partial charge in [-0.3, -0.25) is 10.1 Å². The predicted molar refractivity (Wildman–Crippen MR) is 81.8 cm³/mol. The smallest absolute Gasteiger partial charge is 0.276 e. The average molecular weight is 304 g/mol. The molecular weight excluding hydrogens is 288 g/mol. The van der Waals surface area contributed by atoms with Gasteiger partial charge >= 0.3 is 0 Å². The number of amides is 1. The monoisotopic (exact) mass is 304 g/mol. The van der Waals surface area contributed by atoms with Gasteiger partial charge in [0.25, 0.3) is 5.91 Å². The molecule has 1 N–H and O–H groups in total. The zero-order chi connectivity index (χ0) is 14.7. The van der Waals surface area contributed by atoms with E-state index in [1.165, 1.54) is 17.7 Å². The van der Waals surface area contributed by atoms with Crippen molar-refractivity contribution in [1.82, 2.24) is 19.9 Å². The molecule has 3 rings (SSSR count). The number of carbonyl (C=O) groups is 1. The first-order chi connectivity index (χ1) is 10.2. The third kappa shape index (κ3) is 3.34. The van der Waals surface area contributed by atoms with Gasteiger partial charge in [0.15, 0.2) is 5.13 Å². The van der Waals surface area contributed by atoms with Crippen molar-refractivity contribution >= 4 is 28.2 Å². The van der Waals surface area contributed by atoms with E-state index in [1.54, 1.807) is 12.3 Å². The molecule has 3 heterocycles. The Bertz CT molecular complexity index is 609. The zero-order valence-corrected chi connectivity index (χ0v) is 12.5. The van der Waals surface area contributed by atoms with Gasteiger partial charge in [0.2, 0.25) is 0 Å². The van der Waals surface area contributed by atoms with Crippen molar-refractivity contribution in [1.29, 1.82) is 0 Å². The van der Waals surface area contributed by atoms with E-state index in [0.29, 0.717) is 10.8 Å². The largest absolute Gasteiger partial charge is 0.354 e. The number of hydrogen-bond acceptors (Lipinski definition) is 7. The fraction of sp³-hybridized carbons (Fsp3) is 0.385. The van der Waals surface area contributed by atoms with Gasteiger partial charge < -0.3 is 9.80 Å². The maximum absolute atomic E-state index is 12.1. The molecule has 1 amide bonds. The Morgan fingerprint density at radius 1 is 1.24 bits per heavy atom. The maximum Gasteiger partial charge on any atom is 0.276 e. The highest BCUT2D eigenvalue weighted by atomic mass is 32.1. The van der Waals surface area contributed by atoms with E-state index in [9.17, 15) is 4.79 Å². The first-order valence-corrected chi connectivity index (χ1v) is 7.57. The fourth-order valence-corrected chi connectivity index (χ4v) is 2.65. The van der Waals surface area contributed by atoms with Crippen LogP contribution in [0.5, 0.6) is 0 Å². The van der Waals surface area contributed by atoms with Gasteiger partial charge in [0.1, 0.15) is 17.8 Å². The number of carbonyl (C=O) groups excluding carboxylic acids is 1. The van der Waals surface area contributed by atoms with Crippen molar-refractivity contribution in [2.24, 2.45) is 0 Å². The van der Waals surface area contributed by atoms with Crippen LogP contribution in [0.25, 0.3) is 0 Å². The number of hydrogen-bond donors (Lipinski definition) is 1. The predicted octanol–water partition coefficient (Wildman–Crippen LogP) is 0.937. The summed E-state index contributed by atoms with van der Waals surface area (Å²) in [6, 6.07) is 1.73. The second-order valence-electron chi connectivity index (χ2n) is 4.84. The Hall–Kier alpha value is -2.06. The molecule has 0 unspecified atom stereocenters. The Morgan fingerprint density at radius 2 is 2.05 bits per heavy atom. The van der Waals surface area contributed by atoms with Crippen molar-refractivity contribution in [2.45, 2.75) is 0 Å². The number of rotatable bonds is 3. The van der Waals surface area contributed by atoms with Gasteiger partial charge in [-0.1, -0.05) is 0 Å². The van der Waals surface area contributed by atoms with Crippen LogP contribution in [0.15, 0.2) is 24.0 Å². The van der Waals surface area contributed by atoms with Crippen LogP contribution in [0, 0.1) is 0 Å². The molecule has 8 heteroatoms. The van der Waals surface area contributed by atoms with E-state index in [1.807, 2.05) is 5.38 Å². The number of thiazole rings is 1. The van der Waals surface area contributed by atoms with Gasteiger partial charge in [0.05, 0.1) is 0 Å². The normalized spacial score (nSPS) is 16.0. The minimum absolute atomic E-state index is 0.261. The molecular formula is C13H16N6OS. The van der Waals surface area contributed by atoms with Crippen molar-refractivity contribution in [3.05, 3.63) is 29.7 Å². The molecule has 1 fully saturated rings. The lowest BCUT2D eigenvalue weighted by atomic mass is 10.3. The summed E-state index contributed by atoms with van der Waals surface area (Å²) in [5, 5.41) is 5.11. The van der Waals surface area contributed by atoms with Crippen molar-refractivity contribution in [3.8, 4) is 0 Å². The second kappa shape index (κ2) is 6.15. The van der Waals surface area contributed by atoms with Crippen LogP contribution in [-0.4, -0.2) is 59.0 Å². The van der Waals surface area contributed by atoms with Gasteiger partial charge in [-0.05, 0) is 7.05 Å². The summed E-state index contributed by atoms with van der Waals surface area (Å²) in [6.45, 7) is 3.79. The van der Waals surface area contributed by atoms with Gasteiger partial charge in [0, 0.05) is 43.8 Å². The Balaban J connectivity index is 1.72. The molecule has 21 heavy (non-hydrogen) atoms. The minimum atomic E-state index is -0.261. The SMILES string of the molecule is CN1CCN(c2cc(C(=O)Nc3nccs3)ncn2)CC1. The van der Waals surface area contributed by atoms with Crippen LogP contribution in [0.1, 0.15) is 10.5 Å². The van der Waals surface area contributed by atoms with Crippen LogP contribution < -0.4 is 10.2 Å². The summed E-state index contributed by atoms with van der Waals surface area (Å²) in [5.41, 5.74) is 0.356. The van der Waals surface area contributed by atoms with Crippen LogP contribution >= 0.6 is 11.3 Å². The third-order valence-corrected chi connectivity index (χ3v) is 4.05. The Kier molecular flexibility index (Phi) is 4.07. The van der Waals surface area contributed by atoms with Gasteiger partial charge in [-0.15, -0.1) is 11.3 Å². The molecule has 0 spiro atoms. The molecule has 0 saturated carbocycles. The van der Waals surface area contributed by atoms with E-state index in [2.05, 4.69) is 37.1 Å². The highest BCUT2D eigenvalue weighted by Crippen LogP contribution is 2.15. The van der Waals surface area contributed by atoms with Crippen molar-refractivity contribution in [2.75, 3.05) is 43.4 Å². The molecule has 0 bridgehead atoms. The number of aromatic nitrogens is 3. The molecule has 0 atom stereocenters. The minimum Gasteiger partial charge on any atom is -0.354 e. The lowest BCUT2D eigenvalue weighted by Crippen LogP contribution is -2.44. The first kappa shape index (κ1) is 13.9. The Morgan fingerprint density at radius 3 is 2.76 bits per heavy atom. The van der Waals surface area contributed by atoms with Crippen LogP contribution in [-0.2, 0) is 0 Å². The molecule has 110 valence electrons. The fourth-order valence-electron chi connectivity index (χ4n) is 2.13. The van der Waals surface area contributed by atoms with Crippen LogP contribution in [0.3, 0.4) is 0 Å². The summed E-state index contributed by atoms with van der Waals surface area (Å²) >= 11 is 1.38. The van der Waals surface area contributed by atoms with Crippen molar-refractivity contribution < 1.29 is 4.79 Å². The summed E-state index contributed by atoms with van der Waals surface area (Å²) in [5.74, 6) is 0.533. The standard InChI is InChI=1S/C13H16N6OS/c1-18-3-5-19(6-4-18)11-8-10(15-9-16-11)12(20)17-13-14-2-7-21-13/h2,7-9H,3-6H2,1H3,(H,14,17,20). The van der Waals surface area contributed by atoms with E-state index in [-0.39, 0.29) is 5.91 Å². The van der Waals surface area contributed by atoms with Crippen LogP contribution in [0.2, 0.25) is 0 Å². The van der Waals surface area contributed by atoms with Gasteiger partial charge in [-0.25, -0.2) is 15.0 Å². The Labute approximate surface area is 126 Å². The number of anilines is 2. The summed E-state index contributed by atoms with van der Waals surface area (Å²) in [4.78, 5) is 28.9. The maximum atomic E-state index is 12.1. The summed E-state index contributed by atoms with van der Waals surface area (Å²) in [7, 11) is 2.10. The molecule has 1 aliphatic rings. The number of piperazine rings is 1. The molecule has 1 aliphatic heterocycles. The molecule has 0 aliphatic carbocycles.